The van der Waals surface area contributed by atoms with Gasteiger partial charge in [-0.05, 0) is 12.1 Å². The third kappa shape index (κ3) is 1.56. The van der Waals surface area contributed by atoms with Crippen LogP contribution >= 0.6 is 0 Å². The van der Waals surface area contributed by atoms with Crippen LogP contribution in [0.3, 0.4) is 0 Å². The SMILES string of the molecule is O=C(O)c1cc(-c2cccc3c2CCO3)n[nH]1. The number of aromatic nitrogens is 2. The summed E-state index contributed by atoms with van der Waals surface area (Å²) >= 11 is 0. The van der Waals surface area contributed by atoms with Crippen LogP contribution in [0.15, 0.2) is 24.3 Å². The Hall–Kier alpha value is -2.30. The van der Waals surface area contributed by atoms with E-state index in [1.54, 1.807) is 0 Å². The average Bonchev–Trinajstić information content (AvgIpc) is 2.97. The fourth-order valence-electron chi connectivity index (χ4n) is 2.03. The Morgan fingerprint density at radius 2 is 2.35 bits per heavy atom. The smallest absolute Gasteiger partial charge is 0.353 e. The minimum absolute atomic E-state index is 0.0940. The van der Waals surface area contributed by atoms with Gasteiger partial charge in [0, 0.05) is 17.5 Å². The van der Waals surface area contributed by atoms with E-state index in [4.69, 9.17) is 9.84 Å². The molecule has 2 heterocycles. The molecule has 0 atom stereocenters. The van der Waals surface area contributed by atoms with Crippen LogP contribution in [0, 0.1) is 0 Å². The molecule has 0 saturated carbocycles. The van der Waals surface area contributed by atoms with E-state index >= 15 is 0 Å². The van der Waals surface area contributed by atoms with Crippen LogP contribution in [-0.4, -0.2) is 27.9 Å². The molecule has 1 aromatic heterocycles. The Kier molecular flexibility index (Phi) is 2.11. The lowest BCUT2D eigenvalue weighted by Gasteiger charge is -2.03. The number of hydrogen-bond donors (Lipinski definition) is 2. The molecule has 1 aromatic carbocycles. The van der Waals surface area contributed by atoms with E-state index in [0.29, 0.717) is 12.3 Å². The van der Waals surface area contributed by atoms with Crippen molar-refractivity contribution in [2.75, 3.05) is 6.61 Å². The second-order valence-electron chi connectivity index (χ2n) is 3.85. The zero-order valence-corrected chi connectivity index (χ0v) is 8.93. The van der Waals surface area contributed by atoms with E-state index < -0.39 is 5.97 Å². The van der Waals surface area contributed by atoms with Gasteiger partial charge in [0.15, 0.2) is 0 Å². The standard InChI is InChI=1S/C12H10N2O3/c15-12(16)10-6-9(13-14-10)7-2-1-3-11-8(7)4-5-17-11/h1-3,6H,4-5H2,(H,13,14)(H,15,16). The summed E-state index contributed by atoms with van der Waals surface area (Å²) in [6, 6.07) is 7.26. The normalized spacial score (nSPS) is 13.2. The van der Waals surface area contributed by atoms with Gasteiger partial charge in [-0.15, -0.1) is 0 Å². The number of hydrogen-bond acceptors (Lipinski definition) is 3. The molecule has 0 spiro atoms. The molecule has 0 bridgehead atoms. The highest BCUT2D eigenvalue weighted by Crippen LogP contribution is 2.33. The van der Waals surface area contributed by atoms with Gasteiger partial charge >= 0.3 is 5.97 Å². The Bertz CT molecular complexity index is 589. The molecule has 0 amide bonds. The maximum Gasteiger partial charge on any atom is 0.353 e. The number of ether oxygens (including phenoxy) is 1. The van der Waals surface area contributed by atoms with E-state index in [1.807, 2.05) is 18.2 Å². The van der Waals surface area contributed by atoms with Crippen molar-refractivity contribution < 1.29 is 14.6 Å². The summed E-state index contributed by atoms with van der Waals surface area (Å²) in [4.78, 5) is 10.8. The number of fused-ring (bicyclic) bond motifs is 1. The Balaban J connectivity index is 2.09. The minimum Gasteiger partial charge on any atom is -0.493 e. The number of carboxylic acids is 1. The summed E-state index contributed by atoms with van der Waals surface area (Å²) in [5.74, 6) is -0.144. The lowest BCUT2D eigenvalue weighted by Crippen LogP contribution is -1.95. The van der Waals surface area contributed by atoms with E-state index in [9.17, 15) is 4.79 Å². The predicted octanol–water partition coefficient (Wildman–Crippen LogP) is 1.71. The number of H-pyrrole nitrogens is 1. The van der Waals surface area contributed by atoms with Crippen LogP contribution < -0.4 is 4.74 Å². The van der Waals surface area contributed by atoms with Crippen molar-refractivity contribution >= 4 is 5.97 Å². The number of carboxylic acid groups (broad SMARTS) is 1. The first-order valence-electron chi connectivity index (χ1n) is 5.29. The Labute approximate surface area is 97.0 Å². The topological polar surface area (TPSA) is 75.2 Å². The number of nitrogens with zero attached hydrogens (tertiary/aromatic N) is 1. The van der Waals surface area contributed by atoms with Gasteiger partial charge < -0.3 is 9.84 Å². The first-order valence-corrected chi connectivity index (χ1v) is 5.29. The van der Waals surface area contributed by atoms with Crippen molar-refractivity contribution in [2.24, 2.45) is 0 Å². The zero-order valence-electron chi connectivity index (χ0n) is 8.93. The highest BCUT2D eigenvalue weighted by Gasteiger charge is 2.19. The molecule has 1 aliphatic heterocycles. The second-order valence-corrected chi connectivity index (χ2v) is 3.85. The predicted molar refractivity (Wildman–Crippen MR) is 60.2 cm³/mol. The van der Waals surface area contributed by atoms with E-state index in [1.165, 1.54) is 6.07 Å². The summed E-state index contributed by atoms with van der Waals surface area (Å²) in [6.45, 7) is 0.669. The lowest BCUT2D eigenvalue weighted by molar-refractivity contribution is 0.0690. The molecule has 3 rings (SSSR count). The summed E-state index contributed by atoms with van der Waals surface area (Å²) < 4.78 is 5.46. The van der Waals surface area contributed by atoms with Gasteiger partial charge in [-0.3, -0.25) is 5.10 Å². The number of carbonyl (C=O) groups is 1. The minimum atomic E-state index is -1.01. The Morgan fingerprint density at radius 3 is 3.12 bits per heavy atom. The van der Waals surface area contributed by atoms with Crippen molar-refractivity contribution in [3.63, 3.8) is 0 Å². The van der Waals surface area contributed by atoms with Crippen LogP contribution in [-0.2, 0) is 6.42 Å². The van der Waals surface area contributed by atoms with E-state index in [0.717, 1.165) is 23.3 Å². The third-order valence-electron chi connectivity index (χ3n) is 2.83. The first-order chi connectivity index (χ1) is 8.25. The third-order valence-corrected chi connectivity index (χ3v) is 2.83. The van der Waals surface area contributed by atoms with Crippen molar-refractivity contribution in [1.29, 1.82) is 0 Å². The number of nitrogens with one attached hydrogen (secondary N) is 1. The molecule has 2 N–H and O–H groups in total. The van der Waals surface area contributed by atoms with Crippen molar-refractivity contribution in [1.82, 2.24) is 10.2 Å². The van der Waals surface area contributed by atoms with Gasteiger partial charge in [0.1, 0.15) is 11.4 Å². The molecule has 0 unspecified atom stereocenters. The molecule has 86 valence electrons. The molecule has 5 nitrogen and oxygen atoms in total. The molecule has 2 aromatic rings. The monoisotopic (exact) mass is 230 g/mol. The number of aromatic carboxylic acids is 1. The number of aromatic amines is 1. The lowest BCUT2D eigenvalue weighted by atomic mass is 10.0. The second kappa shape index (κ2) is 3.62. The van der Waals surface area contributed by atoms with Gasteiger partial charge in [-0.25, -0.2) is 4.79 Å². The summed E-state index contributed by atoms with van der Waals surface area (Å²) in [5, 5.41) is 15.4. The van der Waals surface area contributed by atoms with Crippen molar-refractivity contribution in [3.05, 3.63) is 35.5 Å². The van der Waals surface area contributed by atoms with Crippen molar-refractivity contribution in [3.8, 4) is 17.0 Å². The fourth-order valence-corrected chi connectivity index (χ4v) is 2.03. The summed E-state index contributed by atoms with van der Waals surface area (Å²) in [7, 11) is 0. The first kappa shape index (κ1) is 9.89. The van der Waals surface area contributed by atoms with Crippen LogP contribution in [0.2, 0.25) is 0 Å². The molecular formula is C12H10N2O3. The van der Waals surface area contributed by atoms with Gasteiger partial charge in [0.05, 0.1) is 12.3 Å². The van der Waals surface area contributed by atoms with Crippen LogP contribution in [0.1, 0.15) is 16.1 Å². The number of benzene rings is 1. The molecule has 5 heteroatoms. The average molecular weight is 230 g/mol. The molecule has 0 aliphatic carbocycles. The summed E-state index contributed by atoms with van der Waals surface area (Å²) in [6.07, 6.45) is 0.834. The van der Waals surface area contributed by atoms with Gasteiger partial charge in [0.25, 0.3) is 0 Å². The molecule has 0 radical (unpaired) electrons. The summed E-state index contributed by atoms with van der Waals surface area (Å²) in [5.41, 5.74) is 2.76. The number of rotatable bonds is 2. The van der Waals surface area contributed by atoms with Gasteiger partial charge in [-0.2, -0.15) is 5.10 Å². The highest BCUT2D eigenvalue weighted by atomic mass is 16.5. The van der Waals surface area contributed by atoms with Crippen LogP contribution in [0.4, 0.5) is 0 Å². The van der Waals surface area contributed by atoms with E-state index in [-0.39, 0.29) is 5.69 Å². The molecule has 17 heavy (non-hydrogen) atoms. The maximum absolute atomic E-state index is 10.8. The Morgan fingerprint density at radius 1 is 1.47 bits per heavy atom. The van der Waals surface area contributed by atoms with E-state index in [2.05, 4.69) is 10.2 Å². The highest BCUT2D eigenvalue weighted by molar-refractivity contribution is 5.87. The van der Waals surface area contributed by atoms with Gasteiger partial charge in [-0.1, -0.05) is 12.1 Å². The molecule has 1 aliphatic rings. The maximum atomic E-state index is 10.8. The van der Waals surface area contributed by atoms with Gasteiger partial charge in [0.2, 0.25) is 0 Å². The fraction of sp³-hybridized carbons (Fsp3) is 0.167. The van der Waals surface area contributed by atoms with Crippen LogP contribution in [0.25, 0.3) is 11.3 Å². The van der Waals surface area contributed by atoms with Crippen LogP contribution in [0.5, 0.6) is 5.75 Å². The quantitative estimate of drug-likeness (QED) is 0.823. The molecular weight excluding hydrogens is 220 g/mol. The van der Waals surface area contributed by atoms with Crippen molar-refractivity contribution in [2.45, 2.75) is 6.42 Å². The zero-order chi connectivity index (χ0) is 11.8. The molecule has 0 saturated heterocycles. The molecule has 0 fully saturated rings. The largest absolute Gasteiger partial charge is 0.493 e.